The van der Waals surface area contributed by atoms with E-state index in [1.54, 1.807) is 18.0 Å². The van der Waals surface area contributed by atoms with Gasteiger partial charge in [0.15, 0.2) is 0 Å². The Labute approximate surface area is 126 Å². The van der Waals surface area contributed by atoms with Crippen molar-refractivity contribution in [2.75, 3.05) is 6.61 Å². The van der Waals surface area contributed by atoms with Crippen molar-refractivity contribution in [2.24, 2.45) is 4.99 Å². The molecule has 0 spiro atoms. The highest BCUT2D eigenvalue weighted by atomic mass is 32.2. The van der Waals surface area contributed by atoms with Gasteiger partial charge in [-0.1, -0.05) is 0 Å². The molecule has 6 heteroatoms. The first-order chi connectivity index (χ1) is 10.2. The number of aromatic nitrogens is 2. The Morgan fingerprint density at radius 3 is 3.05 bits per heavy atom. The van der Waals surface area contributed by atoms with Gasteiger partial charge in [-0.25, -0.2) is 4.99 Å². The van der Waals surface area contributed by atoms with E-state index in [2.05, 4.69) is 15.2 Å². The van der Waals surface area contributed by atoms with E-state index in [9.17, 15) is 4.79 Å². The molecule has 0 aromatic carbocycles. The minimum Gasteiger partial charge on any atom is -0.492 e. The first-order valence-electron chi connectivity index (χ1n) is 7.04. The molecule has 4 heterocycles. The Morgan fingerprint density at radius 1 is 1.43 bits per heavy atom. The zero-order valence-corrected chi connectivity index (χ0v) is 12.7. The lowest BCUT2D eigenvalue weighted by Gasteiger charge is -2.19. The average molecular weight is 301 g/mol. The predicted molar refractivity (Wildman–Crippen MR) is 82.0 cm³/mol. The Hall–Kier alpha value is -1.82. The first-order valence-corrected chi connectivity index (χ1v) is 7.92. The molecule has 0 fully saturated rings. The van der Waals surface area contributed by atoms with Crippen LogP contribution in [0, 0.1) is 6.92 Å². The number of hydrogen-bond acceptors (Lipinski definition) is 4. The molecule has 1 aromatic rings. The predicted octanol–water partition coefficient (Wildman–Crippen LogP) is 2.61. The Morgan fingerprint density at radius 2 is 2.29 bits per heavy atom. The highest BCUT2D eigenvalue weighted by Gasteiger charge is 2.43. The van der Waals surface area contributed by atoms with E-state index in [0.29, 0.717) is 6.61 Å². The summed E-state index contributed by atoms with van der Waals surface area (Å²) in [5.41, 5.74) is 5.09. The monoisotopic (exact) mass is 301 g/mol. The van der Waals surface area contributed by atoms with Crippen molar-refractivity contribution in [1.82, 2.24) is 10.2 Å². The van der Waals surface area contributed by atoms with Crippen molar-refractivity contribution >= 4 is 28.3 Å². The van der Waals surface area contributed by atoms with Gasteiger partial charge in [0, 0.05) is 22.5 Å². The fraction of sp³-hybridized carbons (Fsp3) is 0.400. The first kappa shape index (κ1) is 12.9. The number of aliphatic imine (C=N–C) groups is 1. The molecule has 0 bridgehead atoms. The molecule has 5 nitrogen and oxygen atoms in total. The topological polar surface area (TPSA) is 67.3 Å². The number of nitrogens with one attached hydrogen (secondary N) is 1. The van der Waals surface area contributed by atoms with Crippen LogP contribution in [0.15, 0.2) is 28.1 Å². The summed E-state index contributed by atoms with van der Waals surface area (Å²) in [6.07, 6.45) is 3.68. The van der Waals surface area contributed by atoms with Crippen LogP contribution >= 0.6 is 11.8 Å². The van der Waals surface area contributed by atoms with E-state index < -0.39 is 0 Å². The molecule has 1 aromatic heterocycles. The van der Waals surface area contributed by atoms with Crippen molar-refractivity contribution < 1.29 is 9.53 Å². The normalized spacial score (nSPS) is 24.8. The summed E-state index contributed by atoms with van der Waals surface area (Å²) in [5, 5.41) is 6.79. The van der Waals surface area contributed by atoms with Gasteiger partial charge in [0.1, 0.15) is 11.0 Å². The van der Waals surface area contributed by atoms with Gasteiger partial charge < -0.3 is 4.74 Å². The van der Waals surface area contributed by atoms with Crippen molar-refractivity contribution in [3.05, 3.63) is 34.4 Å². The number of amides is 1. The van der Waals surface area contributed by atoms with Crippen molar-refractivity contribution in [3.63, 3.8) is 0 Å². The molecule has 4 rings (SSSR count). The molecule has 0 aliphatic carbocycles. The molecule has 21 heavy (non-hydrogen) atoms. The molecule has 1 amide bonds. The Balaban J connectivity index is 1.94. The number of carbonyl (C=O) groups excluding carboxylic acids is 1. The second kappa shape index (κ2) is 4.59. The number of rotatable bonds is 1. The highest BCUT2D eigenvalue weighted by molar-refractivity contribution is 8.10. The zero-order chi connectivity index (χ0) is 14.6. The maximum Gasteiger partial charge on any atom is 0.264 e. The number of carbonyl (C=O) groups is 1. The van der Waals surface area contributed by atoms with Gasteiger partial charge in [0.25, 0.3) is 5.91 Å². The Kier molecular flexibility index (Phi) is 2.82. The van der Waals surface area contributed by atoms with Gasteiger partial charge in [0.2, 0.25) is 0 Å². The fourth-order valence-electron chi connectivity index (χ4n) is 3.07. The third-order valence-corrected chi connectivity index (χ3v) is 5.42. The molecule has 1 unspecified atom stereocenters. The minimum absolute atomic E-state index is 0.0737. The number of allylic oxidation sites excluding steroid dienone is 2. The van der Waals surface area contributed by atoms with E-state index in [0.717, 1.165) is 46.0 Å². The SMILES string of the molecule is CC1=NC(=O)C2SC(c3cn[nH]c3C)=C3OCCCC1=C32. The fourth-order valence-corrected chi connectivity index (χ4v) is 4.44. The maximum absolute atomic E-state index is 12.3. The maximum atomic E-state index is 12.3. The lowest BCUT2D eigenvalue weighted by atomic mass is 9.93. The second-order valence-corrected chi connectivity index (χ2v) is 6.56. The van der Waals surface area contributed by atoms with Gasteiger partial charge in [-0.3, -0.25) is 9.89 Å². The lowest BCUT2D eigenvalue weighted by Crippen LogP contribution is -2.24. The number of aromatic amines is 1. The standard InChI is InChI=1S/C15H15N3O2S/c1-7-9-4-3-5-20-12-11(9)14(15(19)17-7)21-13(12)10-6-16-18-8(10)2/h6,14H,3-5H2,1-2H3,(H,16,18). The molecule has 0 saturated heterocycles. The van der Waals surface area contributed by atoms with E-state index >= 15 is 0 Å². The summed E-state index contributed by atoms with van der Waals surface area (Å²) in [7, 11) is 0. The number of dihydropyridines is 1. The van der Waals surface area contributed by atoms with Crippen LogP contribution in [0.25, 0.3) is 4.91 Å². The summed E-state index contributed by atoms with van der Waals surface area (Å²) in [6, 6.07) is 0. The number of thioether (sulfide) groups is 1. The highest BCUT2D eigenvalue weighted by Crippen LogP contribution is 2.52. The molecule has 108 valence electrons. The molecular weight excluding hydrogens is 286 g/mol. The third-order valence-electron chi connectivity index (χ3n) is 4.10. The van der Waals surface area contributed by atoms with Crippen LogP contribution in [0.1, 0.15) is 31.0 Å². The molecular formula is C15H15N3O2S. The molecule has 0 saturated carbocycles. The number of hydrogen-bond donors (Lipinski definition) is 1. The summed E-state index contributed by atoms with van der Waals surface area (Å²) in [5.74, 6) is 0.792. The third kappa shape index (κ3) is 1.82. The molecule has 3 aliphatic rings. The van der Waals surface area contributed by atoms with Gasteiger partial charge in [-0.05, 0) is 32.3 Å². The quantitative estimate of drug-likeness (QED) is 0.866. The number of H-pyrrole nitrogens is 1. The van der Waals surface area contributed by atoms with E-state index in [-0.39, 0.29) is 11.2 Å². The van der Waals surface area contributed by atoms with Gasteiger partial charge in [-0.2, -0.15) is 5.10 Å². The van der Waals surface area contributed by atoms with Crippen LogP contribution < -0.4 is 0 Å². The van der Waals surface area contributed by atoms with Crippen molar-refractivity contribution in [2.45, 2.75) is 31.9 Å². The van der Waals surface area contributed by atoms with Crippen LogP contribution in [0.5, 0.6) is 0 Å². The molecule has 1 atom stereocenters. The van der Waals surface area contributed by atoms with Crippen molar-refractivity contribution in [3.8, 4) is 0 Å². The number of nitrogens with zero attached hydrogens (tertiary/aromatic N) is 2. The van der Waals surface area contributed by atoms with Crippen LogP contribution in [0.2, 0.25) is 0 Å². The van der Waals surface area contributed by atoms with Crippen LogP contribution in [-0.4, -0.2) is 33.7 Å². The average Bonchev–Trinajstić information content (AvgIpc) is 2.95. The van der Waals surface area contributed by atoms with Gasteiger partial charge in [-0.15, -0.1) is 11.8 Å². The molecule has 0 radical (unpaired) electrons. The largest absolute Gasteiger partial charge is 0.492 e. The number of ether oxygens (including phenoxy) is 1. The Bertz CT molecular complexity index is 742. The van der Waals surface area contributed by atoms with Crippen molar-refractivity contribution in [1.29, 1.82) is 0 Å². The van der Waals surface area contributed by atoms with Gasteiger partial charge >= 0.3 is 0 Å². The molecule has 3 aliphatic heterocycles. The number of aryl methyl sites for hydroxylation is 1. The summed E-state index contributed by atoms with van der Waals surface area (Å²) < 4.78 is 6.00. The summed E-state index contributed by atoms with van der Waals surface area (Å²) >= 11 is 1.54. The second-order valence-electron chi connectivity index (χ2n) is 5.44. The summed E-state index contributed by atoms with van der Waals surface area (Å²) in [4.78, 5) is 17.5. The van der Waals surface area contributed by atoms with Crippen LogP contribution in [0.3, 0.4) is 0 Å². The lowest BCUT2D eigenvalue weighted by molar-refractivity contribution is -0.116. The van der Waals surface area contributed by atoms with Gasteiger partial charge in [0.05, 0.1) is 17.7 Å². The van der Waals surface area contributed by atoms with E-state index in [4.69, 9.17) is 4.74 Å². The van der Waals surface area contributed by atoms with E-state index in [1.807, 2.05) is 13.8 Å². The smallest absolute Gasteiger partial charge is 0.264 e. The van der Waals surface area contributed by atoms with Crippen LogP contribution in [0.4, 0.5) is 0 Å². The minimum atomic E-state index is -0.249. The summed E-state index contributed by atoms with van der Waals surface area (Å²) in [6.45, 7) is 4.58. The van der Waals surface area contributed by atoms with Crippen LogP contribution in [-0.2, 0) is 9.53 Å². The zero-order valence-electron chi connectivity index (χ0n) is 11.9. The molecule has 1 N–H and O–H groups in total. The van der Waals surface area contributed by atoms with E-state index in [1.165, 1.54) is 5.57 Å².